The molecular formula is C9H16O3S. The highest BCUT2D eigenvalue weighted by Gasteiger charge is 2.33. The monoisotopic (exact) mass is 204 g/mol. The number of rotatable bonds is 4. The maximum absolute atomic E-state index is 11.3. The van der Waals surface area contributed by atoms with Crippen molar-refractivity contribution in [2.24, 2.45) is 0 Å². The van der Waals surface area contributed by atoms with Gasteiger partial charge in [-0.15, -0.1) is 11.8 Å². The van der Waals surface area contributed by atoms with Crippen molar-refractivity contribution in [1.82, 2.24) is 0 Å². The summed E-state index contributed by atoms with van der Waals surface area (Å²) in [5, 5.41) is 9.06. The summed E-state index contributed by atoms with van der Waals surface area (Å²) in [7, 11) is 0. The molecule has 2 atom stereocenters. The predicted molar refractivity (Wildman–Crippen MR) is 52.7 cm³/mol. The fraction of sp³-hybridized carbons (Fsp3) is 0.889. The first kappa shape index (κ1) is 10.9. The van der Waals surface area contributed by atoms with Crippen LogP contribution in [0, 0.1) is 0 Å². The number of aliphatic hydroxyl groups is 1. The van der Waals surface area contributed by atoms with Crippen molar-refractivity contribution < 1.29 is 14.6 Å². The predicted octanol–water partition coefficient (Wildman–Crippen LogP) is 1.20. The van der Waals surface area contributed by atoms with Crippen LogP contribution in [0.3, 0.4) is 0 Å². The maximum atomic E-state index is 11.3. The number of unbranched alkanes of at least 4 members (excludes halogenated alkanes) is 1. The molecule has 1 N–H and O–H groups in total. The van der Waals surface area contributed by atoms with Crippen LogP contribution in [0.1, 0.15) is 26.2 Å². The van der Waals surface area contributed by atoms with Crippen LogP contribution < -0.4 is 0 Å². The molecule has 13 heavy (non-hydrogen) atoms. The van der Waals surface area contributed by atoms with Gasteiger partial charge in [-0.25, -0.2) is 0 Å². The zero-order chi connectivity index (χ0) is 9.68. The van der Waals surface area contributed by atoms with E-state index in [1.165, 1.54) is 11.8 Å². The lowest BCUT2D eigenvalue weighted by Crippen LogP contribution is -2.28. The van der Waals surface area contributed by atoms with Gasteiger partial charge in [0, 0.05) is 0 Å². The second kappa shape index (κ2) is 5.50. The van der Waals surface area contributed by atoms with Crippen molar-refractivity contribution in [3.63, 3.8) is 0 Å². The van der Waals surface area contributed by atoms with E-state index in [1.54, 1.807) is 0 Å². The van der Waals surface area contributed by atoms with Crippen LogP contribution in [0.5, 0.6) is 0 Å². The van der Waals surface area contributed by atoms with E-state index in [4.69, 9.17) is 4.74 Å². The van der Waals surface area contributed by atoms with Gasteiger partial charge in [0.25, 0.3) is 0 Å². The minimum atomic E-state index is -0.501. The summed E-state index contributed by atoms with van der Waals surface area (Å²) < 4.78 is 5.02. The van der Waals surface area contributed by atoms with Crippen LogP contribution in [0.25, 0.3) is 0 Å². The van der Waals surface area contributed by atoms with E-state index in [0.29, 0.717) is 13.0 Å². The molecule has 0 aliphatic carbocycles. The zero-order valence-electron chi connectivity index (χ0n) is 7.86. The number of hydrogen-bond donors (Lipinski definition) is 1. The first-order chi connectivity index (χ1) is 6.25. The van der Waals surface area contributed by atoms with Crippen LogP contribution in [-0.2, 0) is 9.53 Å². The minimum Gasteiger partial charge on any atom is -0.465 e. The molecule has 0 aromatic carbocycles. The van der Waals surface area contributed by atoms with Gasteiger partial charge in [-0.1, -0.05) is 13.3 Å². The molecule has 76 valence electrons. The van der Waals surface area contributed by atoms with Gasteiger partial charge in [-0.2, -0.15) is 0 Å². The standard InChI is InChI=1S/C9H16O3S/c1-2-3-5-12-9(11)8-7(10)4-6-13-8/h7-8,10H,2-6H2,1H3. The molecule has 1 saturated heterocycles. The Hall–Kier alpha value is -0.220. The zero-order valence-corrected chi connectivity index (χ0v) is 8.68. The fourth-order valence-corrected chi connectivity index (χ4v) is 2.40. The van der Waals surface area contributed by atoms with E-state index < -0.39 is 6.10 Å². The second-order valence-corrected chi connectivity index (χ2v) is 4.42. The molecule has 2 unspecified atom stereocenters. The average molecular weight is 204 g/mol. The number of thioether (sulfide) groups is 1. The Balaban J connectivity index is 2.22. The van der Waals surface area contributed by atoms with Crippen molar-refractivity contribution in [2.75, 3.05) is 12.4 Å². The van der Waals surface area contributed by atoms with Gasteiger partial charge in [-0.3, -0.25) is 4.79 Å². The van der Waals surface area contributed by atoms with Gasteiger partial charge in [-0.05, 0) is 18.6 Å². The first-order valence-corrected chi connectivity index (χ1v) is 5.77. The van der Waals surface area contributed by atoms with Crippen molar-refractivity contribution in [2.45, 2.75) is 37.5 Å². The van der Waals surface area contributed by atoms with Gasteiger partial charge in [0.15, 0.2) is 0 Å². The molecule has 0 spiro atoms. The first-order valence-electron chi connectivity index (χ1n) is 4.72. The van der Waals surface area contributed by atoms with Crippen LogP contribution in [0.4, 0.5) is 0 Å². The summed E-state index contributed by atoms with van der Waals surface area (Å²) in [5.41, 5.74) is 0. The highest BCUT2D eigenvalue weighted by molar-refractivity contribution is 8.00. The topological polar surface area (TPSA) is 46.5 Å². The molecule has 0 bridgehead atoms. The van der Waals surface area contributed by atoms with Crippen molar-refractivity contribution >= 4 is 17.7 Å². The third kappa shape index (κ3) is 3.19. The van der Waals surface area contributed by atoms with Crippen LogP contribution in [0.15, 0.2) is 0 Å². The third-order valence-electron chi connectivity index (χ3n) is 2.04. The average Bonchev–Trinajstić information content (AvgIpc) is 2.52. The lowest BCUT2D eigenvalue weighted by atomic mass is 10.2. The summed E-state index contributed by atoms with van der Waals surface area (Å²) in [6.45, 7) is 2.53. The van der Waals surface area contributed by atoms with Gasteiger partial charge >= 0.3 is 5.97 Å². The molecule has 0 radical (unpaired) electrons. The second-order valence-electron chi connectivity index (χ2n) is 3.17. The maximum Gasteiger partial charge on any atom is 0.321 e. The van der Waals surface area contributed by atoms with Crippen molar-refractivity contribution in [3.8, 4) is 0 Å². The fourth-order valence-electron chi connectivity index (χ4n) is 1.20. The normalized spacial score (nSPS) is 27.5. The number of carbonyl (C=O) groups is 1. The Labute approximate surface area is 82.8 Å². The lowest BCUT2D eigenvalue weighted by molar-refractivity contribution is -0.144. The van der Waals surface area contributed by atoms with Gasteiger partial charge in [0.05, 0.1) is 12.7 Å². The Kier molecular flexibility index (Phi) is 4.59. The van der Waals surface area contributed by atoms with Crippen LogP contribution in [0.2, 0.25) is 0 Å². The molecule has 1 rings (SSSR count). The quantitative estimate of drug-likeness (QED) is 0.552. The lowest BCUT2D eigenvalue weighted by Gasteiger charge is -2.12. The summed E-state index contributed by atoms with van der Waals surface area (Å²) in [4.78, 5) is 11.3. The smallest absolute Gasteiger partial charge is 0.321 e. The molecule has 1 fully saturated rings. The van der Waals surface area contributed by atoms with Crippen molar-refractivity contribution in [3.05, 3.63) is 0 Å². The van der Waals surface area contributed by atoms with E-state index in [2.05, 4.69) is 0 Å². The molecule has 1 heterocycles. The number of hydrogen-bond acceptors (Lipinski definition) is 4. The molecule has 1 aliphatic heterocycles. The van der Waals surface area contributed by atoms with Crippen LogP contribution in [-0.4, -0.2) is 34.8 Å². The summed E-state index contributed by atoms with van der Waals surface area (Å²) in [5.74, 6) is 0.609. The van der Waals surface area contributed by atoms with E-state index >= 15 is 0 Å². The minimum absolute atomic E-state index is 0.247. The van der Waals surface area contributed by atoms with Crippen LogP contribution >= 0.6 is 11.8 Å². The van der Waals surface area contributed by atoms with Gasteiger partial charge < -0.3 is 9.84 Å². The summed E-state index contributed by atoms with van der Waals surface area (Å²) >= 11 is 1.49. The Morgan fingerprint density at radius 1 is 1.69 bits per heavy atom. The Bertz CT molecular complexity index is 172. The van der Waals surface area contributed by atoms with Gasteiger partial charge in [0.2, 0.25) is 0 Å². The number of carbonyl (C=O) groups excluding carboxylic acids is 1. The largest absolute Gasteiger partial charge is 0.465 e. The van der Waals surface area contributed by atoms with Gasteiger partial charge in [0.1, 0.15) is 5.25 Å². The molecule has 0 saturated carbocycles. The summed E-state index contributed by atoms with van der Waals surface area (Å²) in [6.07, 6.45) is 2.13. The summed E-state index contributed by atoms with van der Waals surface area (Å²) in [6, 6.07) is 0. The number of esters is 1. The van der Waals surface area contributed by atoms with E-state index in [9.17, 15) is 9.90 Å². The molecule has 3 nitrogen and oxygen atoms in total. The van der Waals surface area contributed by atoms with E-state index in [-0.39, 0.29) is 11.2 Å². The molecule has 0 aromatic heterocycles. The van der Waals surface area contributed by atoms with Crippen molar-refractivity contribution in [1.29, 1.82) is 0 Å². The molecule has 0 amide bonds. The number of aliphatic hydroxyl groups excluding tert-OH is 1. The molecule has 1 aliphatic rings. The SMILES string of the molecule is CCCCOC(=O)C1SCCC1O. The molecule has 4 heteroatoms. The van der Waals surface area contributed by atoms with E-state index in [0.717, 1.165) is 18.6 Å². The highest BCUT2D eigenvalue weighted by atomic mass is 32.2. The number of ether oxygens (including phenoxy) is 1. The molecule has 0 aromatic rings. The Morgan fingerprint density at radius 2 is 2.46 bits per heavy atom. The van der Waals surface area contributed by atoms with E-state index in [1.807, 2.05) is 6.92 Å². The Morgan fingerprint density at radius 3 is 3.00 bits per heavy atom. The highest BCUT2D eigenvalue weighted by Crippen LogP contribution is 2.27. The molecular weight excluding hydrogens is 188 g/mol. The third-order valence-corrected chi connectivity index (χ3v) is 3.37.